The number of hydrogen-bond acceptors (Lipinski definition) is 4. The van der Waals surface area contributed by atoms with Crippen LogP contribution in [0.1, 0.15) is 16.7 Å². The highest BCUT2D eigenvalue weighted by Crippen LogP contribution is 2.25. The number of rotatable bonds is 4. The Balaban J connectivity index is 1.51. The molecule has 0 aliphatic carbocycles. The van der Waals surface area contributed by atoms with Crippen LogP contribution >= 0.6 is 0 Å². The van der Waals surface area contributed by atoms with Crippen LogP contribution in [0.4, 0.5) is 0 Å². The van der Waals surface area contributed by atoms with Crippen LogP contribution in [-0.4, -0.2) is 62.3 Å². The van der Waals surface area contributed by atoms with Crippen molar-refractivity contribution in [2.24, 2.45) is 0 Å². The molecule has 0 amide bonds. The quantitative estimate of drug-likeness (QED) is 0.809. The van der Waals surface area contributed by atoms with Gasteiger partial charge in [0.25, 0.3) is 0 Å². The van der Waals surface area contributed by atoms with E-state index in [0.29, 0.717) is 18.0 Å². The standard InChI is InChI=1S/C21H27N3O2S/c1-22-11-13-23(14-12-22)16-18-5-4-8-21(15-18)27(25,26)24-10-9-19-6-2-3-7-20(19)17-24/h2-8,15H,9-14,16-17H2,1H3. The fourth-order valence-electron chi connectivity index (χ4n) is 3.89. The highest BCUT2D eigenvalue weighted by Gasteiger charge is 2.28. The van der Waals surface area contributed by atoms with Gasteiger partial charge in [0.15, 0.2) is 0 Å². The third-order valence-corrected chi connectivity index (χ3v) is 7.48. The van der Waals surface area contributed by atoms with E-state index < -0.39 is 10.0 Å². The van der Waals surface area contributed by atoms with Crippen LogP contribution in [0.5, 0.6) is 0 Å². The maximum absolute atomic E-state index is 13.2. The number of piperazine rings is 1. The van der Waals surface area contributed by atoms with Gasteiger partial charge in [0.05, 0.1) is 4.90 Å². The van der Waals surface area contributed by atoms with Crippen molar-refractivity contribution in [1.82, 2.24) is 14.1 Å². The van der Waals surface area contributed by atoms with Crippen LogP contribution in [0, 0.1) is 0 Å². The zero-order chi connectivity index (χ0) is 18.9. The largest absolute Gasteiger partial charge is 0.304 e. The van der Waals surface area contributed by atoms with Crippen LogP contribution in [0.2, 0.25) is 0 Å². The molecule has 2 aliphatic heterocycles. The maximum Gasteiger partial charge on any atom is 0.243 e. The molecule has 0 saturated carbocycles. The summed E-state index contributed by atoms with van der Waals surface area (Å²) in [6, 6.07) is 15.6. The number of likely N-dealkylation sites (N-methyl/N-ethyl adjacent to an activating group) is 1. The Morgan fingerprint density at radius 2 is 1.63 bits per heavy atom. The summed E-state index contributed by atoms with van der Waals surface area (Å²) in [5.41, 5.74) is 3.44. The lowest BCUT2D eigenvalue weighted by Crippen LogP contribution is -2.43. The first kappa shape index (κ1) is 18.6. The molecule has 1 fully saturated rings. The summed E-state index contributed by atoms with van der Waals surface area (Å²) in [6.07, 6.45) is 0.774. The molecule has 0 unspecified atom stereocenters. The minimum absolute atomic E-state index is 0.411. The highest BCUT2D eigenvalue weighted by molar-refractivity contribution is 7.89. The van der Waals surface area contributed by atoms with Crippen molar-refractivity contribution >= 4 is 10.0 Å². The lowest BCUT2D eigenvalue weighted by molar-refractivity contribution is 0.148. The molecule has 0 spiro atoms. The van der Waals surface area contributed by atoms with Crippen molar-refractivity contribution in [2.75, 3.05) is 39.8 Å². The minimum atomic E-state index is -3.47. The van der Waals surface area contributed by atoms with Crippen LogP contribution in [0.3, 0.4) is 0 Å². The second kappa shape index (κ2) is 7.72. The van der Waals surface area contributed by atoms with Gasteiger partial charge in [-0.3, -0.25) is 4.90 Å². The van der Waals surface area contributed by atoms with Crippen LogP contribution in [0.25, 0.3) is 0 Å². The minimum Gasteiger partial charge on any atom is -0.304 e. The van der Waals surface area contributed by atoms with Gasteiger partial charge in [0.2, 0.25) is 10.0 Å². The van der Waals surface area contributed by atoms with Crippen molar-refractivity contribution in [3.63, 3.8) is 0 Å². The van der Waals surface area contributed by atoms with Crippen LogP contribution in [0.15, 0.2) is 53.4 Å². The maximum atomic E-state index is 13.2. The number of fused-ring (bicyclic) bond motifs is 1. The Kier molecular flexibility index (Phi) is 5.32. The van der Waals surface area contributed by atoms with E-state index >= 15 is 0 Å². The third kappa shape index (κ3) is 4.09. The SMILES string of the molecule is CN1CCN(Cc2cccc(S(=O)(=O)N3CCc4ccccc4C3)c2)CC1. The third-order valence-electron chi connectivity index (χ3n) is 5.63. The molecule has 4 rings (SSSR count). The van der Waals surface area contributed by atoms with Crippen molar-refractivity contribution in [2.45, 2.75) is 24.4 Å². The van der Waals surface area contributed by atoms with E-state index in [-0.39, 0.29) is 0 Å². The molecule has 2 aromatic carbocycles. The molecule has 0 radical (unpaired) electrons. The molecule has 0 atom stereocenters. The Labute approximate surface area is 162 Å². The Hall–Kier alpha value is -1.73. The number of sulfonamides is 1. The molecule has 1 saturated heterocycles. The Morgan fingerprint density at radius 1 is 0.889 bits per heavy atom. The zero-order valence-electron chi connectivity index (χ0n) is 15.8. The first-order valence-corrected chi connectivity index (χ1v) is 11.0. The van der Waals surface area contributed by atoms with Gasteiger partial charge in [0, 0.05) is 45.8 Å². The molecular weight excluding hydrogens is 358 g/mol. The molecule has 0 aromatic heterocycles. The van der Waals surface area contributed by atoms with E-state index in [0.717, 1.165) is 50.3 Å². The molecule has 0 bridgehead atoms. The summed E-state index contributed by atoms with van der Waals surface area (Å²) in [6.45, 7) is 5.98. The highest BCUT2D eigenvalue weighted by atomic mass is 32.2. The van der Waals surface area contributed by atoms with Gasteiger partial charge in [-0.05, 0) is 42.3 Å². The first-order chi connectivity index (χ1) is 13.0. The molecule has 6 heteroatoms. The number of nitrogens with zero attached hydrogens (tertiary/aromatic N) is 3. The Morgan fingerprint density at radius 3 is 2.41 bits per heavy atom. The summed E-state index contributed by atoms with van der Waals surface area (Å²) >= 11 is 0. The molecule has 27 heavy (non-hydrogen) atoms. The molecule has 5 nitrogen and oxygen atoms in total. The van der Waals surface area contributed by atoms with E-state index in [1.54, 1.807) is 10.4 Å². The predicted octanol–water partition coefficient (Wildman–Crippen LogP) is 2.18. The van der Waals surface area contributed by atoms with Gasteiger partial charge < -0.3 is 4.90 Å². The van der Waals surface area contributed by atoms with Crippen molar-refractivity contribution < 1.29 is 8.42 Å². The van der Waals surface area contributed by atoms with Crippen LogP contribution < -0.4 is 0 Å². The summed E-state index contributed by atoms with van der Waals surface area (Å²) in [4.78, 5) is 5.13. The lowest BCUT2D eigenvalue weighted by Gasteiger charge is -2.32. The van der Waals surface area contributed by atoms with Crippen LogP contribution in [-0.2, 0) is 29.5 Å². The summed E-state index contributed by atoms with van der Waals surface area (Å²) < 4.78 is 28.0. The second-order valence-electron chi connectivity index (χ2n) is 7.58. The summed E-state index contributed by atoms with van der Waals surface area (Å²) in [5.74, 6) is 0. The normalized spacial score (nSPS) is 19.7. The smallest absolute Gasteiger partial charge is 0.243 e. The average Bonchev–Trinajstić information content (AvgIpc) is 2.69. The number of hydrogen-bond donors (Lipinski definition) is 0. The molecule has 2 aromatic rings. The van der Waals surface area contributed by atoms with E-state index in [2.05, 4.69) is 22.9 Å². The average molecular weight is 386 g/mol. The Bertz CT molecular complexity index is 905. The van der Waals surface area contributed by atoms with Gasteiger partial charge >= 0.3 is 0 Å². The zero-order valence-corrected chi connectivity index (χ0v) is 16.7. The monoisotopic (exact) mass is 385 g/mol. The number of benzene rings is 2. The fourth-order valence-corrected chi connectivity index (χ4v) is 5.38. The summed E-state index contributed by atoms with van der Waals surface area (Å²) in [7, 11) is -1.33. The molecular formula is C21H27N3O2S. The van der Waals surface area contributed by atoms with E-state index in [9.17, 15) is 8.42 Å². The molecule has 2 heterocycles. The van der Waals surface area contributed by atoms with E-state index in [4.69, 9.17) is 0 Å². The molecule has 144 valence electrons. The topological polar surface area (TPSA) is 43.9 Å². The van der Waals surface area contributed by atoms with Crippen molar-refractivity contribution in [1.29, 1.82) is 0 Å². The van der Waals surface area contributed by atoms with Gasteiger partial charge in [0.1, 0.15) is 0 Å². The van der Waals surface area contributed by atoms with E-state index in [1.807, 2.05) is 36.4 Å². The van der Waals surface area contributed by atoms with Crippen molar-refractivity contribution in [3.8, 4) is 0 Å². The van der Waals surface area contributed by atoms with Crippen molar-refractivity contribution in [3.05, 3.63) is 65.2 Å². The fraction of sp³-hybridized carbons (Fsp3) is 0.429. The predicted molar refractivity (Wildman–Crippen MR) is 107 cm³/mol. The van der Waals surface area contributed by atoms with E-state index in [1.165, 1.54) is 5.56 Å². The second-order valence-corrected chi connectivity index (χ2v) is 9.52. The van der Waals surface area contributed by atoms with Gasteiger partial charge in [-0.25, -0.2) is 8.42 Å². The van der Waals surface area contributed by atoms with Gasteiger partial charge in [-0.2, -0.15) is 4.31 Å². The summed E-state index contributed by atoms with van der Waals surface area (Å²) in [5, 5.41) is 0. The first-order valence-electron chi connectivity index (χ1n) is 9.59. The lowest BCUT2D eigenvalue weighted by atomic mass is 10.0. The molecule has 0 N–H and O–H groups in total. The van der Waals surface area contributed by atoms with Gasteiger partial charge in [-0.1, -0.05) is 36.4 Å². The molecule has 2 aliphatic rings. The van der Waals surface area contributed by atoms with Gasteiger partial charge in [-0.15, -0.1) is 0 Å².